The van der Waals surface area contributed by atoms with Gasteiger partial charge in [0.2, 0.25) is 5.91 Å². The summed E-state index contributed by atoms with van der Waals surface area (Å²) < 4.78 is 0. The molecule has 1 heterocycles. The number of hydrogen-bond acceptors (Lipinski definition) is 1. The van der Waals surface area contributed by atoms with E-state index in [9.17, 15) is 4.79 Å². The molecule has 1 aliphatic heterocycles. The predicted molar refractivity (Wildman–Crippen MR) is 74.3 cm³/mol. The van der Waals surface area contributed by atoms with E-state index in [1.54, 1.807) is 0 Å². The van der Waals surface area contributed by atoms with Crippen molar-refractivity contribution in [1.82, 2.24) is 4.90 Å². The molecule has 0 saturated heterocycles. The Kier molecular flexibility index (Phi) is 3.74. The van der Waals surface area contributed by atoms with E-state index < -0.39 is 0 Å². The van der Waals surface area contributed by atoms with Gasteiger partial charge >= 0.3 is 0 Å². The lowest BCUT2D eigenvalue weighted by Gasteiger charge is -2.32. The molecule has 18 heavy (non-hydrogen) atoms. The van der Waals surface area contributed by atoms with Gasteiger partial charge in [-0.2, -0.15) is 0 Å². The Morgan fingerprint density at radius 1 is 1.22 bits per heavy atom. The lowest BCUT2D eigenvalue weighted by molar-refractivity contribution is -0.137. The fourth-order valence-corrected chi connectivity index (χ4v) is 2.44. The Morgan fingerprint density at radius 3 is 2.61 bits per heavy atom. The Morgan fingerprint density at radius 2 is 1.94 bits per heavy atom. The number of aryl methyl sites for hydroxylation is 1. The molecular formula is C16H23NO. The average Bonchev–Trinajstić information content (AvgIpc) is 2.36. The van der Waals surface area contributed by atoms with Crippen LogP contribution in [0.1, 0.15) is 37.5 Å². The first kappa shape index (κ1) is 13.1. The van der Waals surface area contributed by atoms with Crippen molar-refractivity contribution in [3.63, 3.8) is 0 Å². The van der Waals surface area contributed by atoms with Gasteiger partial charge in [0.1, 0.15) is 0 Å². The first-order valence-electron chi connectivity index (χ1n) is 6.86. The number of carbonyl (C=O) groups is 1. The van der Waals surface area contributed by atoms with Crippen molar-refractivity contribution in [2.45, 2.75) is 40.7 Å². The molecule has 0 aliphatic carbocycles. The number of amides is 1. The molecule has 0 aromatic heterocycles. The second-order valence-corrected chi connectivity index (χ2v) is 5.81. The number of nitrogens with zero attached hydrogens (tertiary/aromatic N) is 1. The summed E-state index contributed by atoms with van der Waals surface area (Å²) in [5.41, 5.74) is 4.04. The van der Waals surface area contributed by atoms with Crippen LogP contribution in [0.4, 0.5) is 0 Å². The van der Waals surface area contributed by atoms with Crippen molar-refractivity contribution in [1.29, 1.82) is 0 Å². The molecule has 1 aromatic carbocycles. The van der Waals surface area contributed by atoms with E-state index in [2.05, 4.69) is 39.0 Å². The maximum Gasteiger partial charge on any atom is 0.225 e. The highest BCUT2D eigenvalue weighted by atomic mass is 16.2. The number of rotatable bonds is 2. The van der Waals surface area contributed by atoms with Crippen LogP contribution < -0.4 is 0 Å². The van der Waals surface area contributed by atoms with Gasteiger partial charge in [-0.15, -0.1) is 0 Å². The fourth-order valence-electron chi connectivity index (χ4n) is 2.44. The van der Waals surface area contributed by atoms with Gasteiger partial charge in [-0.3, -0.25) is 4.79 Å². The smallest absolute Gasteiger partial charge is 0.225 e. The van der Waals surface area contributed by atoms with Crippen molar-refractivity contribution in [2.75, 3.05) is 6.54 Å². The third-order valence-electron chi connectivity index (χ3n) is 4.08. The molecule has 2 nitrogen and oxygen atoms in total. The summed E-state index contributed by atoms with van der Waals surface area (Å²) in [6.07, 6.45) is 0.994. The summed E-state index contributed by atoms with van der Waals surface area (Å²) in [7, 11) is 0. The zero-order valence-corrected chi connectivity index (χ0v) is 11.9. The summed E-state index contributed by atoms with van der Waals surface area (Å²) in [4.78, 5) is 14.4. The van der Waals surface area contributed by atoms with Crippen molar-refractivity contribution < 1.29 is 4.79 Å². The molecular weight excluding hydrogens is 222 g/mol. The minimum Gasteiger partial charge on any atom is -0.338 e. The van der Waals surface area contributed by atoms with E-state index in [1.807, 2.05) is 11.8 Å². The average molecular weight is 245 g/mol. The number of benzene rings is 1. The molecule has 0 fully saturated rings. The van der Waals surface area contributed by atoms with Gasteiger partial charge < -0.3 is 4.90 Å². The van der Waals surface area contributed by atoms with Gasteiger partial charge in [0.15, 0.2) is 0 Å². The zero-order valence-electron chi connectivity index (χ0n) is 11.9. The fraction of sp³-hybridized carbons (Fsp3) is 0.562. The van der Waals surface area contributed by atoms with E-state index >= 15 is 0 Å². The van der Waals surface area contributed by atoms with Crippen LogP contribution >= 0.6 is 0 Å². The summed E-state index contributed by atoms with van der Waals surface area (Å²) >= 11 is 0. The second kappa shape index (κ2) is 5.13. The van der Waals surface area contributed by atoms with Crippen molar-refractivity contribution in [2.24, 2.45) is 11.8 Å². The van der Waals surface area contributed by atoms with Gasteiger partial charge in [-0.05, 0) is 30.4 Å². The van der Waals surface area contributed by atoms with E-state index in [-0.39, 0.29) is 5.92 Å². The quantitative estimate of drug-likeness (QED) is 0.783. The molecule has 0 spiro atoms. The Labute approximate surface area is 110 Å². The van der Waals surface area contributed by atoms with Gasteiger partial charge in [0.25, 0.3) is 0 Å². The van der Waals surface area contributed by atoms with Crippen molar-refractivity contribution >= 4 is 5.91 Å². The number of hydrogen-bond donors (Lipinski definition) is 0. The van der Waals surface area contributed by atoms with E-state index in [1.165, 1.54) is 16.7 Å². The largest absolute Gasteiger partial charge is 0.338 e. The highest BCUT2D eigenvalue weighted by Gasteiger charge is 2.26. The third-order valence-corrected chi connectivity index (χ3v) is 4.08. The molecule has 1 atom stereocenters. The minimum absolute atomic E-state index is 0.122. The van der Waals surface area contributed by atoms with E-state index in [0.29, 0.717) is 11.8 Å². The van der Waals surface area contributed by atoms with Gasteiger partial charge in [0, 0.05) is 19.0 Å². The normalized spacial score (nSPS) is 16.6. The van der Waals surface area contributed by atoms with Crippen LogP contribution in [-0.4, -0.2) is 17.4 Å². The highest BCUT2D eigenvalue weighted by molar-refractivity contribution is 5.79. The van der Waals surface area contributed by atoms with Gasteiger partial charge in [-0.1, -0.05) is 44.5 Å². The van der Waals surface area contributed by atoms with Crippen molar-refractivity contribution in [3.05, 3.63) is 34.9 Å². The standard InChI is InChI=1S/C16H23NO/c1-11(2)13(4)16(18)17-8-7-14-9-12(3)5-6-15(14)10-17/h5-6,9,11,13H,7-8,10H2,1-4H3/t13-/m0/s1. The lowest BCUT2D eigenvalue weighted by Crippen LogP contribution is -2.40. The van der Waals surface area contributed by atoms with Gasteiger partial charge in [0.05, 0.1) is 0 Å². The molecule has 1 aliphatic rings. The van der Waals surface area contributed by atoms with Crippen LogP contribution in [0.3, 0.4) is 0 Å². The molecule has 0 radical (unpaired) electrons. The summed E-state index contributed by atoms with van der Waals surface area (Å²) in [6, 6.07) is 6.56. The molecule has 2 heteroatoms. The minimum atomic E-state index is 0.122. The molecule has 98 valence electrons. The SMILES string of the molecule is Cc1ccc2c(c1)CCN(C(=O)[C@@H](C)C(C)C)C2. The molecule has 0 saturated carbocycles. The Hall–Kier alpha value is -1.31. The second-order valence-electron chi connectivity index (χ2n) is 5.81. The summed E-state index contributed by atoms with van der Waals surface area (Å²) in [6.45, 7) is 10.0. The monoisotopic (exact) mass is 245 g/mol. The maximum atomic E-state index is 12.3. The zero-order chi connectivity index (χ0) is 13.3. The van der Waals surface area contributed by atoms with Crippen LogP contribution in [0.5, 0.6) is 0 Å². The maximum absolute atomic E-state index is 12.3. The molecule has 0 unspecified atom stereocenters. The number of fused-ring (bicyclic) bond motifs is 1. The molecule has 1 aromatic rings. The summed E-state index contributed by atoms with van der Waals surface area (Å²) in [5, 5.41) is 0. The molecule has 1 amide bonds. The van der Waals surface area contributed by atoms with Crippen LogP contribution in [-0.2, 0) is 17.8 Å². The Bertz CT molecular complexity index is 450. The Balaban J connectivity index is 2.12. The van der Waals surface area contributed by atoms with E-state index in [4.69, 9.17) is 0 Å². The van der Waals surface area contributed by atoms with Crippen LogP contribution in [0, 0.1) is 18.8 Å². The lowest BCUT2D eigenvalue weighted by atomic mass is 9.93. The van der Waals surface area contributed by atoms with Crippen LogP contribution in [0.15, 0.2) is 18.2 Å². The first-order valence-corrected chi connectivity index (χ1v) is 6.86. The number of carbonyl (C=O) groups excluding carboxylic acids is 1. The third kappa shape index (κ3) is 2.58. The van der Waals surface area contributed by atoms with Crippen LogP contribution in [0.2, 0.25) is 0 Å². The highest BCUT2D eigenvalue weighted by Crippen LogP contribution is 2.23. The van der Waals surface area contributed by atoms with Crippen LogP contribution in [0.25, 0.3) is 0 Å². The van der Waals surface area contributed by atoms with Gasteiger partial charge in [-0.25, -0.2) is 0 Å². The topological polar surface area (TPSA) is 20.3 Å². The molecule has 2 rings (SSSR count). The van der Waals surface area contributed by atoms with E-state index in [0.717, 1.165) is 19.5 Å². The predicted octanol–water partition coefficient (Wildman–Crippen LogP) is 3.17. The summed E-state index contributed by atoms with van der Waals surface area (Å²) in [5.74, 6) is 0.838. The first-order chi connectivity index (χ1) is 8.49. The molecule has 0 N–H and O–H groups in total. The molecule has 0 bridgehead atoms. The van der Waals surface area contributed by atoms with Crippen molar-refractivity contribution in [3.8, 4) is 0 Å².